The summed E-state index contributed by atoms with van der Waals surface area (Å²) >= 11 is 0. The van der Waals surface area contributed by atoms with Crippen molar-refractivity contribution < 1.29 is 37.1 Å². The van der Waals surface area contributed by atoms with E-state index in [4.69, 9.17) is 15.3 Å². The molecule has 4 rings (SSSR count). The van der Waals surface area contributed by atoms with Crippen LogP contribution in [0.4, 0.5) is 0 Å². The van der Waals surface area contributed by atoms with Gasteiger partial charge in [0.15, 0.2) is 0 Å². The van der Waals surface area contributed by atoms with Gasteiger partial charge in [-0.1, -0.05) is 30.3 Å². The maximum atomic E-state index is 13.8. The first-order valence-corrected chi connectivity index (χ1v) is 17.0. The van der Waals surface area contributed by atoms with E-state index in [0.717, 1.165) is 18.2 Å². The van der Waals surface area contributed by atoms with Gasteiger partial charge in [-0.05, 0) is 68.4 Å². The molecule has 1 saturated carbocycles. The lowest BCUT2D eigenvalue weighted by Crippen LogP contribution is -2.53. The molecular weight excluding hydrogens is 616 g/mol. The zero-order chi connectivity index (χ0) is 33.3. The minimum Gasteiger partial charge on any atom is -0.465 e. The van der Waals surface area contributed by atoms with E-state index in [1.54, 1.807) is 36.9 Å². The molecule has 46 heavy (non-hydrogen) atoms. The summed E-state index contributed by atoms with van der Waals surface area (Å²) in [6, 6.07) is 10.1. The predicted octanol–water partition coefficient (Wildman–Crippen LogP) is 1.09. The molecule has 2 aliphatic rings. The molecule has 1 saturated heterocycles. The third kappa shape index (κ3) is 9.16. The second-order valence-electron chi connectivity index (χ2n) is 11.3. The number of sulfonamides is 1. The lowest BCUT2D eigenvalue weighted by atomic mass is 9.97. The van der Waals surface area contributed by atoms with Gasteiger partial charge in [0.25, 0.3) is 0 Å². The number of hydrazone groups is 1. The Morgan fingerprint density at radius 3 is 2.43 bits per heavy atom. The predicted molar refractivity (Wildman–Crippen MR) is 170 cm³/mol. The molecule has 2 aromatic rings. The van der Waals surface area contributed by atoms with E-state index in [9.17, 15) is 27.6 Å². The molecule has 14 nitrogen and oxygen atoms in total. The van der Waals surface area contributed by atoms with E-state index in [1.807, 2.05) is 12.1 Å². The maximum absolute atomic E-state index is 13.8. The van der Waals surface area contributed by atoms with Gasteiger partial charge in [-0.15, -0.1) is 0 Å². The number of likely N-dealkylation sites (tertiary alicyclic amines) is 1. The quantitative estimate of drug-likeness (QED) is 0.0924. The van der Waals surface area contributed by atoms with Gasteiger partial charge in [-0.2, -0.15) is 9.82 Å². The summed E-state index contributed by atoms with van der Waals surface area (Å²) in [4.78, 5) is 54.6. The summed E-state index contributed by atoms with van der Waals surface area (Å²) < 4.78 is 39.7. The van der Waals surface area contributed by atoms with E-state index in [2.05, 4.69) is 15.1 Å². The van der Waals surface area contributed by atoms with Crippen LogP contribution < -0.4 is 15.9 Å². The fourth-order valence-electron chi connectivity index (χ4n) is 5.49. The van der Waals surface area contributed by atoms with E-state index < -0.39 is 46.2 Å². The molecule has 0 unspecified atom stereocenters. The van der Waals surface area contributed by atoms with E-state index in [0.29, 0.717) is 31.3 Å². The monoisotopic (exact) mass is 658 g/mol. The molecule has 15 heteroatoms. The summed E-state index contributed by atoms with van der Waals surface area (Å²) in [6.07, 6.45) is 2.28. The summed E-state index contributed by atoms with van der Waals surface area (Å²) in [5.41, 5.74) is 0. The molecule has 0 radical (unpaired) electrons. The molecule has 1 heterocycles. The number of hydrogen-bond acceptors (Lipinski definition) is 10. The minimum absolute atomic E-state index is 0.00778. The van der Waals surface area contributed by atoms with Crippen molar-refractivity contribution in [3.8, 4) is 0 Å². The number of nitrogens with zero attached hydrogens (tertiary/aromatic N) is 3. The third-order valence-electron chi connectivity index (χ3n) is 7.88. The van der Waals surface area contributed by atoms with Crippen LogP contribution in [-0.4, -0.2) is 99.3 Å². The lowest BCUT2D eigenvalue weighted by molar-refractivity contribution is -0.150. The van der Waals surface area contributed by atoms with Gasteiger partial charge in [0.1, 0.15) is 12.6 Å². The van der Waals surface area contributed by atoms with Gasteiger partial charge in [-0.3, -0.25) is 14.4 Å². The van der Waals surface area contributed by atoms with Crippen molar-refractivity contribution in [3.63, 3.8) is 0 Å². The number of nitrogens with two attached hydrogens (primary N) is 1. The number of fused-ring (bicyclic) bond motifs is 1. The Kier molecular flexibility index (Phi) is 11.9. The molecule has 1 aliphatic heterocycles. The Labute approximate surface area is 268 Å². The van der Waals surface area contributed by atoms with Gasteiger partial charge >= 0.3 is 11.9 Å². The Balaban J connectivity index is 1.49. The van der Waals surface area contributed by atoms with Crippen LogP contribution in [0.1, 0.15) is 46.0 Å². The zero-order valence-electron chi connectivity index (χ0n) is 26.1. The number of carbonyl (C=O) groups excluding carboxylic acids is 4. The van der Waals surface area contributed by atoms with Crippen molar-refractivity contribution in [3.05, 3.63) is 42.5 Å². The highest BCUT2D eigenvalue weighted by Crippen LogP contribution is 2.28. The number of benzene rings is 2. The molecule has 0 spiro atoms. The van der Waals surface area contributed by atoms with Crippen molar-refractivity contribution in [1.29, 1.82) is 0 Å². The normalized spacial score (nSPS) is 17.7. The fraction of sp³-hybridized carbons (Fsp3) is 0.516. The number of amides is 2. The second-order valence-corrected chi connectivity index (χ2v) is 13.0. The summed E-state index contributed by atoms with van der Waals surface area (Å²) in [7, 11) is -4.26. The van der Waals surface area contributed by atoms with Crippen molar-refractivity contribution in [2.75, 3.05) is 39.4 Å². The Bertz CT molecular complexity index is 1560. The van der Waals surface area contributed by atoms with Gasteiger partial charge in [0.2, 0.25) is 27.7 Å². The molecular formula is C31H42N6O8S. The topological polar surface area (TPSA) is 190 Å². The van der Waals surface area contributed by atoms with Crippen molar-refractivity contribution in [1.82, 2.24) is 19.8 Å². The number of amidine groups is 1. The van der Waals surface area contributed by atoms with E-state index in [1.165, 1.54) is 17.0 Å². The second kappa shape index (κ2) is 15.9. The molecule has 2 atom stereocenters. The minimum atomic E-state index is -4.26. The van der Waals surface area contributed by atoms with Gasteiger partial charge < -0.3 is 30.4 Å². The first-order chi connectivity index (χ1) is 22.1. The van der Waals surface area contributed by atoms with Crippen molar-refractivity contribution >= 4 is 50.4 Å². The first kappa shape index (κ1) is 34.6. The summed E-state index contributed by atoms with van der Waals surface area (Å²) in [6.45, 7) is 4.43. The van der Waals surface area contributed by atoms with Crippen LogP contribution in [0.15, 0.2) is 52.5 Å². The standard InChI is InChI=1S/C31H42N6O8S/c1-3-44-28(39)20-37(24-12-13-24)30(40)26(35-46(42,43)25-14-11-22-9-5-6-10-23(22)16-25)17-27(38)33-18-21-8-7-15-36(19-21)29(34-32)31(41)45-4-2/h5-6,9-11,14,16,21,24,26,35H,3-4,7-8,12-13,15,17-20,32H2,1-2H3,(H,33,38)/t21-,26-/m0/s1. The van der Waals surface area contributed by atoms with Crippen molar-refractivity contribution in [2.24, 2.45) is 16.9 Å². The number of nitrogens with one attached hydrogen (secondary N) is 2. The smallest absolute Gasteiger partial charge is 0.375 e. The van der Waals surface area contributed by atoms with Crippen LogP contribution in [0.2, 0.25) is 0 Å². The van der Waals surface area contributed by atoms with E-state index >= 15 is 0 Å². The van der Waals surface area contributed by atoms with Crippen LogP contribution in [0.25, 0.3) is 10.8 Å². The number of esters is 2. The van der Waals surface area contributed by atoms with Crippen LogP contribution >= 0.6 is 0 Å². The molecule has 0 bridgehead atoms. The van der Waals surface area contributed by atoms with Crippen molar-refractivity contribution in [2.45, 2.75) is 62.9 Å². The molecule has 2 aromatic carbocycles. The van der Waals surface area contributed by atoms with Crippen LogP contribution in [0.5, 0.6) is 0 Å². The Hall–Kier alpha value is -4.24. The Morgan fingerprint density at radius 1 is 1.04 bits per heavy atom. The summed E-state index contributed by atoms with van der Waals surface area (Å²) in [5.74, 6) is 2.91. The number of piperidine rings is 1. The Morgan fingerprint density at radius 2 is 1.76 bits per heavy atom. The lowest BCUT2D eigenvalue weighted by Gasteiger charge is -2.33. The van der Waals surface area contributed by atoms with Crippen LogP contribution in [0.3, 0.4) is 0 Å². The van der Waals surface area contributed by atoms with Gasteiger partial charge in [0.05, 0.1) is 24.5 Å². The maximum Gasteiger partial charge on any atom is 0.375 e. The number of carbonyl (C=O) groups is 4. The van der Waals surface area contributed by atoms with Gasteiger partial charge in [-0.25, -0.2) is 13.2 Å². The third-order valence-corrected chi connectivity index (χ3v) is 9.35. The molecule has 4 N–H and O–H groups in total. The number of rotatable bonds is 13. The van der Waals surface area contributed by atoms with Gasteiger partial charge in [0, 0.05) is 25.7 Å². The highest BCUT2D eigenvalue weighted by molar-refractivity contribution is 7.89. The largest absolute Gasteiger partial charge is 0.465 e. The molecule has 2 fully saturated rings. The molecule has 2 amide bonds. The van der Waals surface area contributed by atoms with Crippen LogP contribution in [0, 0.1) is 5.92 Å². The number of ether oxygens (including phenoxy) is 2. The highest BCUT2D eigenvalue weighted by Gasteiger charge is 2.39. The molecule has 1 aliphatic carbocycles. The fourth-order valence-corrected chi connectivity index (χ4v) is 6.71. The average molecular weight is 659 g/mol. The molecule has 0 aromatic heterocycles. The first-order valence-electron chi connectivity index (χ1n) is 15.5. The zero-order valence-corrected chi connectivity index (χ0v) is 27.0. The number of hydrogen-bond donors (Lipinski definition) is 3. The van der Waals surface area contributed by atoms with E-state index in [-0.39, 0.29) is 49.0 Å². The molecule has 250 valence electrons. The van der Waals surface area contributed by atoms with Crippen LogP contribution in [-0.2, 0) is 38.7 Å². The average Bonchev–Trinajstić information content (AvgIpc) is 3.88. The highest BCUT2D eigenvalue weighted by atomic mass is 32.2. The SMILES string of the molecule is CCOC(=O)CN(C(=O)[C@H](CC(=O)NC[C@@H]1CCCN(C(=NN)C(=O)OCC)C1)NS(=O)(=O)c1ccc2ccccc2c1)C1CC1. The summed E-state index contributed by atoms with van der Waals surface area (Å²) in [5, 5.41) is 7.96.